The van der Waals surface area contributed by atoms with E-state index in [1.165, 1.54) is 20.3 Å². The summed E-state index contributed by atoms with van der Waals surface area (Å²) in [5.74, 6) is 5.43. The molecule has 4 rings (SSSR count). The van der Waals surface area contributed by atoms with Crippen molar-refractivity contribution in [1.82, 2.24) is 0 Å². The summed E-state index contributed by atoms with van der Waals surface area (Å²) in [6.07, 6.45) is 4.60. The van der Waals surface area contributed by atoms with Gasteiger partial charge in [0.25, 0.3) is 10.1 Å². The molecule has 4 fully saturated rings. The van der Waals surface area contributed by atoms with E-state index in [1.54, 1.807) is 0 Å². The average molecular weight is 592 g/mol. The zero-order valence-corrected chi connectivity index (χ0v) is 20.5. The van der Waals surface area contributed by atoms with Gasteiger partial charge in [-0.05, 0) is 49.9 Å². The van der Waals surface area contributed by atoms with E-state index in [9.17, 15) is 17.8 Å². The summed E-state index contributed by atoms with van der Waals surface area (Å²) >= 11 is 0. The fourth-order valence-electron chi connectivity index (χ4n) is 6.92. The predicted octanol–water partition coefficient (Wildman–Crippen LogP) is 3.24. The molecule has 4 saturated carbocycles. The minimum absolute atomic E-state index is 0. The van der Waals surface area contributed by atoms with Crippen LogP contribution < -0.4 is 0 Å². The van der Waals surface area contributed by atoms with Crippen molar-refractivity contribution in [1.29, 1.82) is 0 Å². The molecule has 4 nitrogen and oxygen atoms in total. The van der Waals surface area contributed by atoms with Crippen molar-refractivity contribution in [3.63, 3.8) is 0 Å². The van der Waals surface area contributed by atoms with Crippen LogP contribution in [0.2, 0.25) is 0 Å². The van der Waals surface area contributed by atoms with Crippen molar-refractivity contribution < 1.29 is 48.9 Å². The molecule has 4 aliphatic rings. The second-order valence-corrected chi connectivity index (χ2v) is 11.7. The van der Waals surface area contributed by atoms with Crippen molar-refractivity contribution in [3.05, 3.63) is 6.42 Å². The van der Waals surface area contributed by atoms with Crippen LogP contribution >= 0.6 is 0 Å². The molecule has 0 aliphatic heterocycles. The molecular formula is C19H29O4SU-. The number of hydrogen-bond acceptors (Lipinski definition) is 3. The average Bonchev–Trinajstić information content (AvgIpc) is 3.17. The van der Waals surface area contributed by atoms with Gasteiger partial charge in [-0.3, -0.25) is 4.55 Å². The molecule has 0 aromatic rings. The summed E-state index contributed by atoms with van der Waals surface area (Å²) < 4.78 is 31.0. The Bertz CT molecular complexity index is 673. The molecule has 0 radical (unpaired) electrons. The molecule has 4 bridgehead atoms. The number of Topliss-reactive ketones (excluding diaryl/α,β-unsaturated/α-hetero) is 1. The minimum atomic E-state index is -4.22. The van der Waals surface area contributed by atoms with Gasteiger partial charge < -0.3 is 11.2 Å². The summed E-state index contributed by atoms with van der Waals surface area (Å²) in [6, 6.07) is 0. The minimum Gasteiger partial charge on any atom is -0.315 e. The molecule has 0 aromatic carbocycles. The number of ketones is 1. The van der Waals surface area contributed by atoms with E-state index in [0.29, 0.717) is 17.8 Å². The van der Waals surface area contributed by atoms with Crippen LogP contribution in [0.15, 0.2) is 0 Å². The first kappa shape index (κ1) is 20.4. The maximum Gasteiger partial charge on any atom is 0.270 e. The first-order valence-electron chi connectivity index (χ1n) is 9.37. The maximum absolute atomic E-state index is 12.8. The van der Waals surface area contributed by atoms with Crippen LogP contribution in [-0.4, -0.2) is 23.5 Å². The summed E-state index contributed by atoms with van der Waals surface area (Å²) in [5, 5.41) is 0. The Balaban J connectivity index is 0.00000182. The van der Waals surface area contributed by atoms with E-state index in [4.69, 9.17) is 0 Å². The summed E-state index contributed by atoms with van der Waals surface area (Å²) in [5.41, 5.74) is 0. The molecule has 0 heterocycles. The standard InChI is InChI=1S/C19H29O4S.U/c1-9-10(2)13-7-12(9)17-11-5-14(15(6-11)18(13)17)16(20)8-19(3,4)24(21,22)23;/h5,9-15,17-18H,6-8H2,1-4H3,(H,21,22,23);/q-1;. The molecule has 140 valence electrons. The van der Waals surface area contributed by atoms with Crippen molar-refractivity contribution >= 4 is 15.9 Å². The van der Waals surface area contributed by atoms with Crippen LogP contribution in [-0.2, 0) is 14.9 Å². The first-order chi connectivity index (χ1) is 11.0. The van der Waals surface area contributed by atoms with Crippen LogP contribution in [0.3, 0.4) is 0 Å². The third-order valence-electron chi connectivity index (χ3n) is 8.28. The molecule has 0 amide bonds. The van der Waals surface area contributed by atoms with E-state index >= 15 is 0 Å². The van der Waals surface area contributed by atoms with E-state index < -0.39 is 14.9 Å². The van der Waals surface area contributed by atoms with Gasteiger partial charge in [0.15, 0.2) is 0 Å². The van der Waals surface area contributed by atoms with Crippen molar-refractivity contribution in [2.24, 2.45) is 53.3 Å². The second-order valence-electron chi connectivity index (χ2n) is 9.60. The number of carbonyl (C=O) groups is 1. The molecule has 4 aliphatic carbocycles. The van der Waals surface area contributed by atoms with Gasteiger partial charge in [0.1, 0.15) is 5.78 Å². The number of carbonyl (C=O) groups excluding carboxylic acids is 1. The first-order valence-corrected chi connectivity index (χ1v) is 10.8. The molecule has 0 aromatic heterocycles. The van der Waals surface area contributed by atoms with E-state index in [1.807, 2.05) is 0 Å². The molecule has 6 heteroatoms. The molecular weight excluding hydrogens is 562 g/mol. The third-order valence-corrected chi connectivity index (χ3v) is 9.82. The van der Waals surface area contributed by atoms with Gasteiger partial charge in [0.05, 0.1) is 4.75 Å². The smallest absolute Gasteiger partial charge is 0.270 e. The van der Waals surface area contributed by atoms with Crippen molar-refractivity contribution in [2.45, 2.75) is 51.7 Å². The summed E-state index contributed by atoms with van der Waals surface area (Å²) in [6.45, 7) is 7.66. The van der Waals surface area contributed by atoms with E-state index in [0.717, 1.165) is 36.0 Å². The van der Waals surface area contributed by atoms with Gasteiger partial charge in [-0.2, -0.15) is 14.3 Å². The molecule has 1 N–H and O–H groups in total. The Labute approximate surface area is 175 Å². The molecule has 0 spiro atoms. The Morgan fingerprint density at radius 2 is 1.64 bits per heavy atom. The largest absolute Gasteiger partial charge is 0.315 e. The molecule has 9 unspecified atom stereocenters. The van der Waals surface area contributed by atoms with Crippen LogP contribution in [0.1, 0.15) is 47.0 Å². The Morgan fingerprint density at radius 3 is 2.20 bits per heavy atom. The Hall–Kier alpha value is 0.632. The van der Waals surface area contributed by atoms with Crippen molar-refractivity contribution in [2.75, 3.05) is 0 Å². The third kappa shape index (κ3) is 2.84. The molecule has 9 atom stereocenters. The van der Waals surface area contributed by atoms with Crippen LogP contribution in [0.5, 0.6) is 0 Å². The zero-order chi connectivity index (χ0) is 17.6. The quantitative estimate of drug-likeness (QED) is 0.310. The SMILES string of the molecule is CC1C(C)C2CC1C1C3[CH-]C(C(=O)CC(C)(C)S(=O)(=O)O)C(C3)C21.[U]. The maximum atomic E-state index is 12.8. The summed E-state index contributed by atoms with van der Waals surface area (Å²) in [4.78, 5) is 12.8. The van der Waals surface area contributed by atoms with E-state index in [2.05, 4.69) is 20.3 Å². The summed E-state index contributed by atoms with van der Waals surface area (Å²) in [7, 11) is -4.22. The topological polar surface area (TPSA) is 71.4 Å². The fraction of sp³-hybridized carbons (Fsp3) is 0.895. The van der Waals surface area contributed by atoms with Gasteiger partial charge >= 0.3 is 0 Å². The van der Waals surface area contributed by atoms with Crippen LogP contribution in [0.25, 0.3) is 0 Å². The number of hydrogen-bond donors (Lipinski definition) is 1. The number of fused-ring (bicyclic) bond motifs is 9. The van der Waals surface area contributed by atoms with Gasteiger partial charge in [0, 0.05) is 37.5 Å². The van der Waals surface area contributed by atoms with Crippen LogP contribution in [0.4, 0.5) is 0 Å². The Morgan fingerprint density at radius 1 is 1.08 bits per heavy atom. The predicted molar refractivity (Wildman–Crippen MR) is 91.5 cm³/mol. The fourth-order valence-corrected chi connectivity index (χ4v) is 7.25. The Kier molecular flexibility index (Phi) is 5.15. The van der Waals surface area contributed by atoms with Gasteiger partial charge in [-0.1, -0.05) is 32.1 Å². The molecule has 0 saturated heterocycles. The van der Waals surface area contributed by atoms with E-state index in [-0.39, 0.29) is 49.2 Å². The van der Waals surface area contributed by atoms with Gasteiger partial charge in [0.2, 0.25) is 0 Å². The van der Waals surface area contributed by atoms with Gasteiger partial charge in [-0.15, -0.1) is 5.92 Å². The van der Waals surface area contributed by atoms with Gasteiger partial charge in [-0.25, -0.2) is 0 Å². The number of rotatable bonds is 4. The zero-order valence-electron chi connectivity index (χ0n) is 15.5. The normalized spacial score (nSPS) is 47.6. The molecule has 25 heavy (non-hydrogen) atoms. The van der Waals surface area contributed by atoms with Crippen molar-refractivity contribution in [3.8, 4) is 0 Å². The van der Waals surface area contributed by atoms with Crippen LogP contribution in [0, 0.1) is 90.8 Å². The monoisotopic (exact) mass is 591 g/mol. The second kappa shape index (κ2) is 6.33.